The molecule has 0 aliphatic rings. The number of ether oxygens (including phenoxy) is 12. The summed E-state index contributed by atoms with van der Waals surface area (Å²) in [6.07, 6.45) is 7.66. The number of ketones is 1. The molecule has 14 atom stereocenters. The van der Waals surface area contributed by atoms with E-state index in [2.05, 4.69) is 13.8 Å². The monoisotopic (exact) mass is 1080 g/mol. The van der Waals surface area contributed by atoms with Crippen LogP contribution in [0.25, 0.3) is 0 Å². The third-order valence-corrected chi connectivity index (χ3v) is 19.1. The summed E-state index contributed by atoms with van der Waals surface area (Å²) in [4.78, 5) is 12.8. The molecule has 0 radical (unpaired) electrons. The van der Waals surface area contributed by atoms with Crippen molar-refractivity contribution in [2.45, 2.75) is 286 Å². The van der Waals surface area contributed by atoms with Crippen LogP contribution >= 0.6 is 0 Å². The van der Waals surface area contributed by atoms with Gasteiger partial charge in [-0.25, -0.2) is 0 Å². The highest BCUT2D eigenvalue weighted by Crippen LogP contribution is 2.37. The lowest BCUT2D eigenvalue weighted by Gasteiger charge is -2.40. The van der Waals surface area contributed by atoms with Gasteiger partial charge >= 0.3 is 17.6 Å². The van der Waals surface area contributed by atoms with Gasteiger partial charge in [-0.05, 0) is 109 Å². The van der Waals surface area contributed by atoms with Crippen molar-refractivity contribution in [3.05, 3.63) is 0 Å². The van der Waals surface area contributed by atoms with Gasteiger partial charge in [0.25, 0.3) is 0 Å². The molecule has 0 spiro atoms. The predicted octanol–water partition coefficient (Wildman–Crippen LogP) is 11.7. The Bertz CT molecular complexity index is 1100. The van der Waals surface area contributed by atoms with Gasteiger partial charge in [-0.2, -0.15) is 0 Å². The number of hydrogen-bond acceptors (Lipinski definition) is 19. The van der Waals surface area contributed by atoms with Crippen molar-refractivity contribution in [3.63, 3.8) is 0 Å². The molecular weight excluding hydrogens is 973 g/mol. The molecule has 432 valence electrons. The van der Waals surface area contributed by atoms with E-state index >= 15 is 0 Å². The van der Waals surface area contributed by atoms with Crippen molar-refractivity contribution in [1.29, 1.82) is 0 Å². The summed E-state index contributed by atoms with van der Waals surface area (Å²) < 4.78 is 107. The van der Waals surface area contributed by atoms with Gasteiger partial charge < -0.3 is 83.4 Å². The summed E-state index contributed by atoms with van der Waals surface area (Å²) >= 11 is 0. The van der Waals surface area contributed by atoms with E-state index in [1.807, 2.05) is 0 Å². The highest BCUT2D eigenvalue weighted by atomic mass is 28.4. The number of methoxy groups -OCH3 is 6. The zero-order chi connectivity index (χ0) is 54.7. The maximum atomic E-state index is 12.8. The number of rotatable bonds is 50. The molecule has 0 saturated carbocycles. The Labute approximate surface area is 439 Å². The molecule has 21 heteroatoms. The fourth-order valence-corrected chi connectivity index (χ4v) is 13.8. The number of carbonyl (C=O) groups excluding carboxylic acids is 1. The van der Waals surface area contributed by atoms with Gasteiger partial charge in [0.1, 0.15) is 5.78 Å². The van der Waals surface area contributed by atoms with E-state index in [1.54, 1.807) is 126 Å². The molecule has 0 aliphatic carbocycles. The Kier molecular flexibility index (Phi) is 41.1. The summed E-state index contributed by atoms with van der Waals surface area (Å²) in [6.45, 7) is 25.7. The summed E-state index contributed by atoms with van der Waals surface area (Å²) in [7, 11) is 2.25. The number of carbonyl (C=O) groups is 1. The molecule has 0 heterocycles. The van der Waals surface area contributed by atoms with Gasteiger partial charge in [0.2, 0.25) is 0 Å². The zero-order valence-corrected chi connectivity index (χ0v) is 50.7. The molecule has 0 aromatic heterocycles. The fraction of sp³-hybridized carbons (Fsp3) is 0.980. The minimum atomic E-state index is -3.59. The Balaban J connectivity index is 5.14. The van der Waals surface area contributed by atoms with E-state index in [0.29, 0.717) is 18.6 Å². The molecule has 0 bridgehead atoms. The molecule has 19 nitrogen and oxygen atoms in total. The van der Waals surface area contributed by atoms with Gasteiger partial charge in [-0.15, -0.1) is 0 Å². The first-order valence-corrected chi connectivity index (χ1v) is 30.3. The van der Waals surface area contributed by atoms with Crippen molar-refractivity contribution in [2.24, 2.45) is 0 Å². The highest BCUT2D eigenvalue weighted by molar-refractivity contribution is 6.62. The molecule has 0 N–H and O–H groups in total. The van der Waals surface area contributed by atoms with Crippen LogP contribution in [0.2, 0.25) is 11.1 Å². The first-order chi connectivity index (χ1) is 34.0. The van der Waals surface area contributed by atoms with Crippen LogP contribution in [0, 0.1) is 0 Å². The molecule has 0 rings (SSSR count). The van der Waals surface area contributed by atoms with Gasteiger partial charge in [-0.1, -0.05) is 78.1 Å². The van der Waals surface area contributed by atoms with E-state index in [9.17, 15) is 4.79 Å². The van der Waals surface area contributed by atoms with Gasteiger partial charge in [0.15, 0.2) is 75.5 Å². The molecule has 0 aliphatic heterocycles. The van der Waals surface area contributed by atoms with Crippen molar-refractivity contribution >= 4 is 23.4 Å². The third-order valence-electron chi connectivity index (χ3n) is 12.2. The lowest BCUT2D eigenvalue weighted by atomic mass is 10.0. The second-order valence-electron chi connectivity index (χ2n) is 18.6. The average Bonchev–Trinajstić information content (AvgIpc) is 3.31. The van der Waals surface area contributed by atoms with E-state index in [0.717, 1.165) is 89.9 Å². The van der Waals surface area contributed by atoms with Crippen molar-refractivity contribution in [1.82, 2.24) is 0 Å². The second kappa shape index (κ2) is 41.5. The molecule has 0 amide bonds. The summed E-state index contributed by atoms with van der Waals surface area (Å²) in [5.74, 6) is 0.351. The molecular formula is C51H106O19Si2. The molecule has 14 unspecified atom stereocenters. The van der Waals surface area contributed by atoms with Crippen molar-refractivity contribution < 1.29 is 88.2 Å². The predicted molar refractivity (Wildman–Crippen MR) is 278 cm³/mol. The first kappa shape index (κ1) is 71.4. The minimum Gasteiger partial charge on any atom is -0.356 e. The summed E-state index contributed by atoms with van der Waals surface area (Å²) in [5.41, 5.74) is -0.270. The lowest BCUT2D eigenvalue weighted by molar-refractivity contribution is -0.255. The molecule has 0 aromatic rings. The largest absolute Gasteiger partial charge is 0.509 e. The summed E-state index contributed by atoms with van der Waals surface area (Å²) in [6, 6.07) is 0. The lowest BCUT2D eigenvalue weighted by Crippen LogP contribution is -2.56. The molecule has 72 heavy (non-hydrogen) atoms. The third kappa shape index (κ3) is 32.8. The Morgan fingerprint density at radius 2 is 0.458 bits per heavy atom. The smallest absolute Gasteiger partial charge is 0.356 e. The Morgan fingerprint density at radius 1 is 0.278 bits per heavy atom. The van der Waals surface area contributed by atoms with E-state index < -0.39 is 93.1 Å². The Hall–Kier alpha value is -0.616. The zero-order valence-electron chi connectivity index (χ0n) is 48.7. The average molecular weight is 1080 g/mol. The van der Waals surface area contributed by atoms with Crippen LogP contribution in [0.3, 0.4) is 0 Å². The topological polar surface area (TPSA) is 183 Å². The van der Waals surface area contributed by atoms with Crippen LogP contribution < -0.4 is 0 Å². The van der Waals surface area contributed by atoms with Crippen LogP contribution in [0.4, 0.5) is 0 Å². The van der Waals surface area contributed by atoms with Gasteiger partial charge in [0.05, 0.1) is 0 Å². The highest BCUT2D eigenvalue weighted by Gasteiger charge is 2.53. The number of Topliss-reactive ketones (excluding diaryl/α,β-unsaturated/α-hetero) is 1. The second-order valence-corrected chi connectivity index (χ2v) is 24.4. The SMILES string of the molecule is COC(C)OC(C)O[Si](OC(C)OC(C)OC)(OC(C)OC(C)OC)C(C)CCCCCCCCC(=O)CCCCCCCCC(C)[Si](OC(C)OC(C)OC)(OC(C)OC(C)OC)OC(C)OC(C)OC. The van der Waals surface area contributed by atoms with Crippen LogP contribution in [0.5, 0.6) is 0 Å². The van der Waals surface area contributed by atoms with Crippen molar-refractivity contribution in [2.75, 3.05) is 42.7 Å². The molecule has 0 fully saturated rings. The fourth-order valence-electron chi connectivity index (χ4n) is 7.81. The summed E-state index contributed by atoms with van der Waals surface area (Å²) in [5, 5.41) is 0. The van der Waals surface area contributed by atoms with Crippen LogP contribution in [0.15, 0.2) is 0 Å². The first-order valence-electron chi connectivity index (χ1n) is 26.7. The van der Waals surface area contributed by atoms with Gasteiger partial charge in [-0.3, -0.25) is 4.79 Å². The Morgan fingerprint density at radius 3 is 0.653 bits per heavy atom. The van der Waals surface area contributed by atoms with E-state index in [1.165, 1.54) is 0 Å². The molecule has 0 saturated heterocycles. The van der Waals surface area contributed by atoms with E-state index in [4.69, 9.17) is 83.4 Å². The quantitative estimate of drug-likeness (QED) is 0.0318. The van der Waals surface area contributed by atoms with Gasteiger partial charge in [0, 0.05) is 66.6 Å². The molecule has 0 aromatic carbocycles. The number of hydrogen-bond donors (Lipinski definition) is 0. The maximum absolute atomic E-state index is 12.8. The normalized spacial score (nSPS) is 19.9. The van der Waals surface area contributed by atoms with Crippen LogP contribution in [-0.4, -0.2) is 142 Å². The number of unbranched alkanes of at least 4 members (excludes halogenated alkanes) is 10. The van der Waals surface area contributed by atoms with Crippen LogP contribution in [0.1, 0.15) is 200 Å². The van der Waals surface area contributed by atoms with Crippen LogP contribution in [-0.2, 0) is 88.2 Å². The van der Waals surface area contributed by atoms with Crippen molar-refractivity contribution in [3.8, 4) is 0 Å². The van der Waals surface area contributed by atoms with E-state index in [-0.39, 0.29) is 11.1 Å². The maximum Gasteiger partial charge on any atom is 0.509 e. The minimum absolute atomic E-state index is 0.135. The standard InChI is InChI=1S/C51H106O19Si2/c1-37(71(65-45(9)59-39(3)53-15,66-46(10)60-40(4)54-16)67-47(11)61-41(5)55-17)33-29-25-21-23-27-31-35-51(52)36-32-28-24-22-26-30-34-38(2)72(68-48(12)62-42(6)56-18,69-49(13)63-43(7)57-19)70-50(14)64-44(8)58-20/h37-50H,21-36H2,1-20H3.